The molecule has 182 valence electrons. The molecule has 4 rings (SSSR count). The second kappa shape index (κ2) is 10.2. The van der Waals surface area contributed by atoms with Crippen LogP contribution in [0.4, 0.5) is 5.82 Å². The molecule has 1 atom stereocenters. The normalized spacial score (nSPS) is 14.7. The number of carbonyl (C=O) groups excluding carboxylic acids is 2. The van der Waals surface area contributed by atoms with Gasteiger partial charge in [0.15, 0.2) is 23.3 Å². The quantitative estimate of drug-likeness (QED) is 0.364. The number of aromatic nitrogens is 2. The van der Waals surface area contributed by atoms with Crippen molar-refractivity contribution in [3.63, 3.8) is 0 Å². The first-order valence-corrected chi connectivity index (χ1v) is 11.9. The molecule has 0 spiro atoms. The van der Waals surface area contributed by atoms with Crippen LogP contribution >= 0.6 is 11.8 Å². The average molecular weight is 495 g/mol. The van der Waals surface area contributed by atoms with Crippen molar-refractivity contribution < 1.29 is 19.1 Å². The monoisotopic (exact) mass is 494 g/mol. The Morgan fingerprint density at radius 2 is 1.94 bits per heavy atom. The van der Waals surface area contributed by atoms with Crippen molar-refractivity contribution in [2.75, 3.05) is 19.0 Å². The number of thioether (sulfide) groups is 1. The molecule has 2 aromatic carbocycles. The second-order valence-corrected chi connectivity index (χ2v) is 9.21. The first kappa shape index (κ1) is 24.3. The highest BCUT2D eigenvalue weighted by Crippen LogP contribution is 2.39. The highest BCUT2D eigenvalue weighted by Gasteiger charge is 2.32. The Bertz CT molecular complexity index is 1340. The van der Waals surface area contributed by atoms with E-state index in [-0.39, 0.29) is 24.5 Å². The van der Waals surface area contributed by atoms with Gasteiger partial charge >= 0.3 is 0 Å². The zero-order valence-electron chi connectivity index (χ0n) is 19.7. The molecule has 3 aromatic rings. The van der Waals surface area contributed by atoms with Gasteiger partial charge in [-0.25, -0.2) is 0 Å². The third-order valence-electron chi connectivity index (χ3n) is 5.75. The number of carbonyl (C=O) groups is 2. The standard InChI is InChI=1S/C25H26N4O5S/c1-14-4-6-15(7-5-14)13-35-25-28-24(32)22-17(11-21(31)27-23(22)29(25)2)16-8-9-18(19(10-16)33-3)34-12-20(26)30/h4-10,17H,11-13H2,1-3H3,(H2,26,30)(H,27,31)/t17-/m1/s1. The number of nitrogens with one attached hydrogen (secondary N) is 1. The van der Waals surface area contributed by atoms with Crippen LogP contribution in [0.15, 0.2) is 52.4 Å². The van der Waals surface area contributed by atoms with E-state index < -0.39 is 11.8 Å². The van der Waals surface area contributed by atoms with Gasteiger partial charge in [-0.1, -0.05) is 47.7 Å². The van der Waals surface area contributed by atoms with Gasteiger partial charge in [0.2, 0.25) is 5.91 Å². The molecule has 2 heterocycles. The molecule has 0 aliphatic carbocycles. The van der Waals surface area contributed by atoms with Crippen LogP contribution < -0.4 is 26.1 Å². The lowest BCUT2D eigenvalue weighted by atomic mass is 9.86. The fourth-order valence-corrected chi connectivity index (χ4v) is 4.87. The van der Waals surface area contributed by atoms with E-state index in [0.29, 0.717) is 39.4 Å². The highest BCUT2D eigenvalue weighted by atomic mass is 32.2. The molecule has 0 unspecified atom stereocenters. The molecule has 1 aliphatic rings. The van der Waals surface area contributed by atoms with Crippen molar-refractivity contribution in [1.29, 1.82) is 0 Å². The van der Waals surface area contributed by atoms with Crippen LogP contribution in [0.2, 0.25) is 0 Å². The summed E-state index contributed by atoms with van der Waals surface area (Å²) in [6.45, 7) is 1.74. The smallest absolute Gasteiger partial charge is 0.279 e. The predicted molar refractivity (Wildman–Crippen MR) is 133 cm³/mol. The van der Waals surface area contributed by atoms with Gasteiger partial charge in [-0.3, -0.25) is 14.4 Å². The van der Waals surface area contributed by atoms with Gasteiger partial charge in [0.05, 0.1) is 12.7 Å². The molecule has 2 amide bonds. The first-order chi connectivity index (χ1) is 16.8. The number of hydrogen-bond donors (Lipinski definition) is 2. The van der Waals surface area contributed by atoms with Crippen molar-refractivity contribution in [3.8, 4) is 11.5 Å². The lowest BCUT2D eigenvalue weighted by Gasteiger charge is -2.28. The van der Waals surface area contributed by atoms with Gasteiger partial charge in [0.1, 0.15) is 5.82 Å². The van der Waals surface area contributed by atoms with Gasteiger partial charge in [0.25, 0.3) is 11.5 Å². The Morgan fingerprint density at radius 3 is 2.63 bits per heavy atom. The van der Waals surface area contributed by atoms with E-state index in [2.05, 4.69) is 10.3 Å². The summed E-state index contributed by atoms with van der Waals surface area (Å²) in [6, 6.07) is 13.2. The number of fused-ring (bicyclic) bond motifs is 1. The van der Waals surface area contributed by atoms with Gasteiger partial charge in [-0.05, 0) is 30.2 Å². The summed E-state index contributed by atoms with van der Waals surface area (Å²) < 4.78 is 12.5. The van der Waals surface area contributed by atoms with Crippen LogP contribution in [0.3, 0.4) is 0 Å². The minimum absolute atomic E-state index is 0.0877. The van der Waals surface area contributed by atoms with Gasteiger partial charge in [-0.2, -0.15) is 4.98 Å². The Balaban J connectivity index is 1.67. The molecule has 0 fully saturated rings. The van der Waals surface area contributed by atoms with Crippen LogP contribution in [-0.2, 0) is 22.4 Å². The van der Waals surface area contributed by atoms with E-state index >= 15 is 0 Å². The van der Waals surface area contributed by atoms with Crippen molar-refractivity contribution >= 4 is 29.4 Å². The van der Waals surface area contributed by atoms with E-state index in [1.54, 1.807) is 29.8 Å². The molecule has 0 radical (unpaired) electrons. The third kappa shape index (κ3) is 5.32. The van der Waals surface area contributed by atoms with Crippen LogP contribution in [0.5, 0.6) is 11.5 Å². The molecule has 3 N–H and O–H groups in total. The summed E-state index contributed by atoms with van der Waals surface area (Å²) in [6.07, 6.45) is 0.0877. The average Bonchev–Trinajstić information content (AvgIpc) is 2.84. The fraction of sp³-hybridized carbons (Fsp3) is 0.280. The van der Waals surface area contributed by atoms with Gasteiger partial charge in [-0.15, -0.1) is 0 Å². The molecule has 1 aromatic heterocycles. The van der Waals surface area contributed by atoms with Crippen LogP contribution in [0.1, 0.15) is 34.6 Å². The molecule has 35 heavy (non-hydrogen) atoms. The van der Waals surface area contributed by atoms with E-state index in [1.807, 2.05) is 31.2 Å². The molecule has 10 heteroatoms. The Hall–Kier alpha value is -3.79. The number of benzene rings is 2. The van der Waals surface area contributed by atoms with Gasteiger partial charge < -0.3 is 25.1 Å². The van der Waals surface area contributed by atoms with Crippen molar-refractivity contribution in [2.24, 2.45) is 12.8 Å². The molecule has 0 bridgehead atoms. The minimum atomic E-state index is -0.611. The molecular formula is C25H26N4O5S. The van der Waals surface area contributed by atoms with Crippen molar-refractivity contribution in [1.82, 2.24) is 9.55 Å². The number of amides is 2. The summed E-state index contributed by atoms with van der Waals surface area (Å²) in [5.74, 6) is 0.452. The van der Waals surface area contributed by atoms with Gasteiger partial charge in [0, 0.05) is 25.1 Å². The maximum Gasteiger partial charge on any atom is 0.279 e. The molecule has 0 saturated carbocycles. The lowest BCUT2D eigenvalue weighted by Crippen LogP contribution is -2.33. The molecule has 9 nitrogen and oxygen atoms in total. The maximum absolute atomic E-state index is 13.2. The van der Waals surface area contributed by atoms with Crippen LogP contribution in [0.25, 0.3) is 0 Å². The van der Waals surface area contributed by atoms with Crippen molar-refractivity contribution in [3.05, 3.63) is 75.1 Å². The number of ether oxygens (including phenoxy) is 2. The number of nitrogens with two attached hydrogens (primary N) is 1. The minimum Gasteiger partial charge on any atom is -0.493 e. The Morgan fingerprint density at radius 1 is 1.20 bits per heavy atom. The zero-order chi connectivity index (χ0) is 25.1. The number of methoxy groups -OCH3 is 1. The summed E-state index contributed by atoms with van der Waals surface area (Å²) in [5.41, 5.74) is 8.17. The van der Waals surface area contributed by atoms with E-state index in [1.165, 1.54) is 24.4 Å². The number of primary amides is 1. The number of nitrogens with zero attached hydrogens (tertiary/aromatic N) is 2. The summed E-state index contributed by atoms with van der Waals surface area (Å²) in [5, 5.41) is 3.37. The third-order valence-corrected chi connectivity index (χ3v) is 6.85. The van der Waals surface area contributed by atoms with Crippen LogP contribution in [-0.4, -0.2) is 35.1 Å². The van der Waals surface area contributed by atoms with Crippen molar-refractivity contribution in [2.45, 2.75) is 30.2 Å². The number of rotatable bonds is 8. The maximum atomic E-state index is 13.2. The molecule has 0 saturated heterocycles. The number of hydrogen-bond acceptors (Lipinski definition) is 7. The summed E-state index contributed by atoms with van der Waals surface area (Å²) >= 11 is 1.43. The Kier molecular flexibility index (Phi) is 7.11. The largest absolute Gasteiger partial charge is 0.493 e. The summed E-state index contributed by atoms with van der Waals surface area (Å²) in [4.78, 5) is 41.2. The second-order valence-electron chi connectivity index (χ2n) is 8.27. The van der Waals surface area contributed by atoms with Crippen LogP contribution in [0, 0.1) is 6.92 Å². The predicted octanol–water partition coefficient (Wildman–Crippen LogP) is 2.73. The molecular weight excluding hydrogens is 468 g/mol. The zero-order valence-corrected chi connectivity index (χ0v) is 20.5. The van der Waals surface area contributed by atoms with E-state index in [9.17, 15) is 14.4 Å². The lowest BCUT2D eigenvalue weighted by molar-refractivity contribution is -0.120. The summed E-state index contributed by atoms with van der Waals surface area (Å²) in [7, 11) is 3.25. The van der Waals surface area contributed by atoms with E-state index in [4.69, 9.17) is 15.2 Å². The molecule has 1 aliphatic heterocycles. The number of aryl methyl sites for hydroxylation is 1. The topological polar surface area (TPSA) is 126 Å². The number of anilines is 1. The van der Waals surface area contributed by atoms with E-state index in [0.717, 1.165) is 5.56 Å². The Labute approximate surface area is 206 Å². The first-order valence-electron chi connectivity index (χ1n) is 10.9. The fourth-order valence-electron chi connectivity index (χ4n) is 3.95. The SMILES string of the molecule is COc1cc([C@H]2CC(=O)Nc3c2c(=O)nc(SCc2ccc(C)cc2)n3C)ccc1OCC(N)=O. The highest BCUT2D eigenvalue weighted by molar-refractivity contribution is 7.98.